The summed E-state index contributed by atoms with van der Waals surface area (Å²) >= 11 is 0. The van der Waals surface area contributed by atoms with E-state index in [2.05, 4.69) is 4.98 Å². The SMILES string of the molecule is Nc1ccc([N+](=O)[O-])c(-c2ccc3ccccc3c2)n1. The number of hydrogen-bond acceptors (Lipinski definition) is 4. The lowest BCUT2D eigenvalue weighted by Gasteiger charge is -2.05. The molecule has 0 aliphatic carbocycles. The van der Waals surface area contributed by atoms with E-state index in [1.807, 2.05) is 42.5 Å². The van der Waals surface area contributed by atoms with Crippen LogP contribution in [0.4, 0.5) is 11.5 Å². The van der Waals surface area contributed by atoms with Gasteiger partial charge in [0, 0.05) is 11.6 Å². The molecular weight excluding hydrogens is 254 g/mol. The lowest BCUT2D eigenvalue weighted by Crippen LogP contribution is -1.98. The van der Waals surface area contributed by atoms with E-state index in [1.54, 1.807) is 0 Å². The zero-order valence-electron chi connectivity index (χ0n) is 10.5. The highest BCUT2D eigenvalue weighted by molar-refractivity contribution is 5.88. The molecule has 2 N–H and O–H groups in total. The third kappa shape index (κ3) is 2.05. The average molecular weight is 265 g/mol. The average Bonchev–Trinajstić information content (AvgIpc) is 2.46. The predicted molar refractivity (Wildman–Crippen MR) is 78.2 cm³/mol. The van der Waals surface area contributed by atoms with Crippen molar-refractivity contribution < 1.29 is 4.92 Å². The van der Waals surface area contributed by atoms with Gasteiger partial charge in [-0.15, -0.1) is 0 Å². The van der Waals surface area contributed by atoms with Crippen molar-refractivity contribution in [2.75, 3.05) is 5.73 Å². The van der Waals surface area contributed by atoms with Crippen LogP contribution in [0.3, 0.4) is 0 Å². The van der Waals surface area contributed by atoms with Crippen LogP contribution < -0.4 is 5.73 Å². The first-order valence-electron chi connectivity index (χ1n) is 6.05. The van der Waals surface area contributed by atoms with Gasteiger partial charge in [-0.25, -0.2) is 4.98 Å². The molecule has 5 nitrogen and oxygen atoms in total. The Morgan fingerprint density at radius 3 is 2.50 bits per heavy atom. The Morgan fingerprint density at radius 1 is 1.00 bits per heavy atom. The molecule has 0 amide bonds. The Bertz CT molecular complexity index is 815. The molecule has 0 atom stereocenters. The molecule has 2 aromatic carbocycles. The zero-order valence-corrected chi connectivity index (χ0v) is 10.5. The second-order valence-electron chi connectivity index (χ2n) is 4.42. The van der Waals surface area contributed by atoms with Crippen molar-refractivity contribution in [1.29, 1.82) is 0 Å². The van der Waals surface area contributed by atoms with Gasteiger partial charge < -0.3 is 5.73 Å². The standard InChI is InChI=1S/C15H11N3O2/c16-14-8-7-13(18(19)20)15(17-14)12-6-5-10-3-1-2-4-11(10)9-12/h1-9H,(H2,16,17). The summed E-state index contributed by atoms with van der Waals surface area (Å²) in [4.78, 5) is 14.8. The van der Waals surface area contributed by atoms with Crippen LogP contribution in [0.2, 0.25) is 0 Å². The normalized spacial score (nSPS) is 10.6. The van der Waals surface area contributed by atoms with Gasteiger partial charge in [0.2, 0.25) is 0 Å². The number of nitrogen functional groups attached to an aromatic ring is 1. The van der Waals surface area contributed by atoms with Crippen molar-refractivity contribution in [3.05, 3.63) is 64.7 Å². The van der Waals surface area contributed by atoms with Gasteiger partial charge in [0.25, 0.3) is 5.69 Å². The molecule has 0 saturated carbocycles. The zero-order chi connectivity index (χ0) is 14.1. The monoisotopic (exact) mass is 265 g/mol. The summed E-state index contributed by atoms with van der Waals surface area (Å²) in [5, 5.41) is 13.2. The largest absolute Gasteiger partial charge is 0.384 e. The lowest BCUT2D eigenvalue weighted by molar-refractivity contribution is -0.384. The quantitative estimate of drug-likeness (QED) is 0.568. The second-order valence-corrected chi connectivity index (χ2v) is 4.42. The Morgan fingerprint density at radius 2 is 1.75 bits per heavy atom. The maximum atomic E-state index is 11.1. The molecule has 3 rings (SSSR count). The minimum atomic E-state index is -0.447. The second kappa shape index (κ2) is 4.62. The van der Waals surface area contributed by atoms with E-state index in [9.17, 15) is 10.1 Å². The Kier molecular flexibility index (Phi) is 2.80. The van der Waals surface area contributed by atoms with E-state index in [-0.39, 0.29) is 11.5 Å². The van der Waals surface area contributed by atoms with Crippen LogP contribution >= 0.6 is 0 Å². The summed E-state index contributed by atoms with van der Waals surface area (Å²) in [6.45, 7) is 0. The summed E-state index contributed by atoms with van der Waals surface area (Å²) in [6, 6.07) is 16.2. The molecule has 20 heavy (non-hydrogen) atoms. The van der Waals surface area contributed by atoms with Gasteiger partial charge in [-0.2, -0.15) is 0 Å². The molecule has 3 aromatic rings. The smallest absolute Gasteiger partial charge is 0.295 e. The van der Waals surface area contributed by atoms with Crippen molar-refractivity contribution in [2.45, 2.75) is 0 Å². The van der Waals surface area contributed by atoms with Crippen LogP contribution in [0, 0.1) is 10.1 Å². The predicted octanol–water partition coefficient (Wildman–Crippen LogP) is 3.39. The van der Waals surface area contributed by atoms with Crippen LogP contribution in [0.15, 0.2) is 54.6 Å². The summed E-state index contributed by atoms with van der Waals surface area (Å²) in [5.74, 6) is 0.263. The fourth-order valence-corrected chi connectivity index (χ4v) is 2.16. The molecule has 0 bridgehead atoms. The van der Waals surface area contributed by atoms with Gasteiger partial charge in [0.05, 0.1) is 4.92 Å². The van der Waals surface area contributed by atoms with E-state index >= 15 is 0 Å². The highest BCUT2D eigenvalue weighted by atomic mass is 16.6. The van der Waals surface area contributed by atoms with Crippen LogP contribution in [-0.4, -0.2) is 9.91 Å². The summed E-state index contributed by atoms with van der Waals surface area (Å²) < 4.78 is 0. The van der Waals surface area contributed by atoms with Crippen molar-refractivity contribution in [1.82, 2.24) is 4.98 Å². The highest BCUT2D eigenvalue weighted by Crippen LogP contribution is 2.30. The van der Waals surface area contributed by atoms with E-state index in [4.69, 9.17) is 5.73 Å². The lowest BCUT2D eigenvalue weighted by atomic mass is 10.0. The van der Waals surface area contributed by atoms with Crippen molar-refractivity contribution in [2.24, 2.45) is 0 Å². The van der Waals surface area contributed by atoms with Gasteiger partial charge in [0.1, 0.15) is 5.82 Å². The third-order valence-electron chi connectivity index (χ3n) is 3.12. The number of rotatable bonds is 2. The number of nitrogens with two attached hydrogens (primary N) is 1. The summed E-state index contributed by atoms with van der Waals surface area (Å²) in [7, 11) is 0. The van der Waals surface area contributed by atoms with Gasteiger partial charge >= 0.3 is 0 Å². The van der Waals surface area contributed by atoms with E-state index in [1.165, 1.54) is 12.1 Å². The number of hydrogen-bond donors (Lipinski definition) is 1. The molecular formula is C15H11N3O2. The Hall–Kier alpha value is -2.95. The molecule has 1 heterocycles. The number of anilines is 1. The topological polar surface area (TPSA) is 82.0 Å². The van der Waals surface area contributed by atoms with Crippen LogP contribution in [0.1, 0.15) is 0 Å². The first-order valence-corrected chi connectivity index (χ1v) is 6.05. The Balaban J connectivity index is 2.24. The molecule has 0 saturated heterocycles. The number of nitrogens with zero attached hydrogens (tertiary/aromatic N) is 2. The van der Waals surface area contributed by atoms with Crippen molar-refractivity contribution in [3.8, 4) is 11.3 Å². The van der Waals surface area contributed by atoms with E-state index in [0.29, 0.717) is 11.3 Å². The molecule has 1 aromatic heterocycles. The first-order chi connectivity index (χ1) is 9.65. The molecule has 0 spiro atoms. The van der Waals surface area contributed by atoms with Gasteiger partial charge in [-0.05, 0) is 22.9 Å². The van der Waals surface area contributed by atoms with Crippen LogP contribution in [0.25, 0.3) is 22.0 Å². The molecule has 5 heteroatoms. The molecule has 98 valence electrons. The number of benzene rings is 2. The van der Waals surface area contributed by atoms with Gasteiger partial charge in [-0.1, -0.05) is 36.4 Å². The third-order valence-corrected chi connectivity index (χ3v) is 3.12. The molecule has 0 aliphatic rings. The van der Waals surface area contributed by atoms with Crippen molar-refractivity contribution in [3.63, 3.8) is 0 Å². The minimum absolute atomic E-state index is 0.0468. The Labute approximate surface area is 114 Å². The van der Waals surface area contributed by atoms with Gasteiger partial charge in [0.15, 0.2) is 5.69 Å². The molecule has 0 aliphatic heterocycles. The van der Waals surface area contributed by atoms with Crippen LogP contribution in [-0.2, 0) is 0 Å². The van der Waals surface area contributed by atoms with Crippen molar-refractivity contribution >= 4 is 22.3 Å². The maximum absolute atomic E-state index is 11.1. The number of aromatic nitrogens is 1. The highest BCUT2D eigenvalue weighted by Gasteiger charge is 2.17. The van der Waals surface area contributed by atoms with Gasteiger partial charge in [-0.3, -0.25) is 10.1 Å². The van der Waals surface area contributed by atoms with Crippen LogP contribution in [0.5, 0.6) is 0 Å². The minimum Gasteiger partial charge on any atom is -0.384 e. The van der Waals surface area contributed by atoms with E-state index < -0.39 is 4.92 Å². The maximum Gasteiger partial charge on any atom is 0.295 e. The fraction of sp³-hybridized carbons (Fsp3) is 0. The first kappa shape index (κ1) is 12.1. The molecule has 0 fully saturated rings. The number of nitro groups is 1. The molecule has 0 radical (unpaired) electrons. The summed E-state index contributed by atoms with van der Waals surface area (Å²) in [5.41, 5.74) is 6.57. The fourth-order valence-electron chi connectivity index (χ4n) is 2.16. The number of pyridine rings is 1. The van der Waals surface area contributed by atoms with E-state index in [0.717, 1.165) is 10.8 Å². The molecule has 0 unspecified atom stereocenters. The summed E-state index contributed by atoms with van der Waals surface area (Å²) in [6.07, 6.45) is 0. The number of fused-ring (bicyclic) bond motifs is 1.